The first kappa shape index (κ1) is 13.5. The van der Waals surface area contributed by atoms with Crippen molar-refractivity contribution in [2.24, 2.45) is 5.92 Å². The van der Waals surface area contributed by atoms with Crippen LogP contribution in [0.5, 0.6) is 0 Å². The van der Waals surface area contributed by atoms with Gasteiger partial charge < -0.3 is 9.84 Å². The molecule has 1 aliphatic rings. The molecule has 16 heavy (non-hydrogen) atoms. The fourth-order valence-corrected chi connectivity index (χ4v) is 2.53. The quantitative estimate of drug-likeness (QED) is 0.594. The van der Waals surface area contributed by atoms with Crippen molar-refractivity contribution in [1.29, 1.82) is 0 Å². The predicted molar refractivity (Wildman–Crippen MR) is 63.1 cm³/mol. The van der Waals surface area contributed by atoms with Gasteiger partial charge in [0.1, 0.15) is 0 Å². The van der Waals surface area contributed by atoms with E-state index in [0.717, 1.165) is 31.6 Å². The maximum absolute atomic E-state index is 11.4. The number of carbonyl (C=O) groups is 1. The second-order valence-corrected chi connectivity index (χ2v) is 4.91. The minimum Gasteiger partial charge on any atom is -0.466 e. The van der Waals surface area contributed by atoms with Crippen LogP contribution in [-0.4, -0.2) is 23.3 Å². The molecule has 2 atom stereocenters. The molecule has 1 N–H and O–H groups in total. The number of hydrogen-bond acceptors (Lipinski definition) is 3. The molecule has 0 amide bonds. The van der Waals surface area contributed by atoms with Gasteiger partial charge in [-0.2, -0.15) is 0 Å². The zero-order chi connectivity index (χ0) is 12.0. The van der Waals surface area contributed by atoms with E-state index in [-0.39, 0.29) is 12.4 Å². The summed E-state index contributed by atoms with van der Waals surface area (Å²) in [6.45, 7) is 4.38. The Morgan fingerprint density at radius 2 is 2.12 bits per heavy atom. The first-order valence-corrected chi connectivity index (χ1v) is 6.47. The molecule has 94 valence electrons. The normalized spacial score (nSPS) is 30.8. The van der Waals surface area contributed by atoms with Crippen LogP contribution in [0.2, 0.25) is 0 Å². The van der Waals surface area contributed by atoms with E-state index < -0.39 is 5.60 Å². The van der Waals surface area contributed by atoms with Crippen molar-refractivity contribution in [3.05, 3.63) is 0 Å². The topological polar surface area (TPSA) is 46.5 Å². The number of esters is 1. The lowest BCUT2D eigenvalue weighted by Gasteiger charge is -2.25. The summed E-state index contributed by atoms with van der Waals surface area (Å²) < 4.78 is 4.90. The molecule has 0 heterocycles. The van der Waals surface area contributed by atoms with Gasteiger partial charge in [0.05, 0.1) is 18.6 Å². The van der Waals surface area contributed by atoms with Crippen LogP contribution in [0.15, 0.2) is 0 Å². The lowest BCUT2D eigenvalue weighted by Crippen LogP contribution is -2.32. The van der Waals surface area contributed by atoms with E-state index in [1.54, 1.807) is 6.92 Å². The summed E-state index contributed by atoms with van der Waals surface area (Å²) in [6, 6.07) is 0. The molecule has 0 radical (unpaired) electrons. The molecule has 2 unspecified atom stereocenters. The number of rotatable bonds is 4. The van der Waals surface area contributed by atoms with Crippen LogP contribution in [-0.2, 0) is 9.53 Å². The standard InChI is InChI=1S/C13H24O3/c1-3-11-6-5-8-13(15,9-7-11)10-12(14)16-4-2/h11,15H,3-10H2,1-2H3. The van der Waals surface area contributed by atoms with Gasteiger partial charge in [0.2, 0.25) is 0 Å². The zero-order valence-corrected chi connectivity index (χ0v) is 10.5. The largest absolute Gasteiger partial charge is 0.466 e. The molecule has 1 rings (SSSR count). The van der Waals surface area contributed by atoms with Crippen LogP contribution in [0.4, 0.5) is 0 Å². The van der Waals surface area contributed by atoms with Crippen LogP contribution in [0.25, 0.3) is 0 Å². The minimum absolute atomic E-state index is 0.164. The molecule has 1 saturated carbocycles. The van der Waals surface area contributed by atoms with Crippen molar-refractivity contribution >= 4 is 5.97 Å². The Morgan fingerprint density at radius 3 is 2.75 bits per heavy atom. The van der Waals surface area contributed by atoms with E-state index in [0.29, 0.717) is 6.61 Å². The van der Waals surface area contributed by atoms with Crippen molar-refractivity contribution in [3.63, 3.8) is 0 Å². The van der Waals surface area contributed by atoms with Crippen molar-refractivity contribution in [2.45, 2.75) is 64.4 Å². The SMILES string of the molecule is CCOC(=O)CC1(O)CCCC(CC)CC1. The van der Waals surface area contributed by atoms with E-state index >= 15 is 0 Å². The Kier molecular flexibility index (Phi) is 5.26. The molecule has 0 aromatic heterocycles. The van der Waals surface area contributed by atoms with Crippen molar-refractivity contribution < 1.29 is 14.6 Å². The monoisotopic (exact) mass is 228 g/mol. The highest BCUT2D eigenvalue weighted by atomic mass is 16.5. The molecule has 0 bridgehead atoms. The van der Waals surface area contributed by atoms with Gasteiger partial charge in [-0.3, -0.25) is 4.79 Å². The molecule has 3 nitrogen and oxygen atoms in total. The Balaban J connectivity index is 2.46. The van der Waals surface area contributed by atoms with Gasteiger partial charge in [0.15, 0.2) is 0 Å². The molecule has 0 aliphatic heterocycles. The number of aliphatic hydroxyl groups is 1. The molecule has 1 fully saturated rings. The fraction of sp³-hybridized carbons (Fsp3) is 0.923. The summed E-state index contributed by atoms with van der Waals surface area (Å²) in [6.07, 6.45) is 6.06. The zero-order valence-electron chi connectivity index (χ0n) is 10.5. The van der Waals surface area contributed by atoms with E-state index in [2.05, 4.69) is 6.92 Å². The first-order valence-electron chi connectivity index (χ1n) is 6.47. The third-order valence-electron chi connectivity index (χ3n) is 3.63. The molecule has 0 aromatic rings. The Morgan fingerprint density at radius 1 is 1.38 bits per heavy atom. The molecule has 1 aliphatic carbocycles. The summed E-state index contributed by atoms with van der Waals surface area (Å²) >= 11 is 0. The van der Waals surface area contributed by atoms with Crippen LogP contribution in [0.1, 0.15) is 58.8 Å². The van der Waals surface area contributed by atoms with E-state index in [9.17, 15) is 9.90 Å². The second-order valence-electron chi connectivity index (χ2n) is 4.91. The highest BCUT2D eigenvalue weighted by Crippen LogP contribution is 2.34. The summed E-state index contributed by atoms with van der Waals surface area (Å²) in [5, 5.41) is 10.4. The lowest BCUT2D eigenvalue weighted by atomic mass is 9.90. The van der Waals surface area contributed by atoms with Gasteiger partial charge >= 0.3 is 5.97 Å². The number of ether oxygens (including phenoxy) is 1. The summed E-state index contributed by atoms with van der Waals surface area (Å²) in [5.74, 6) is 0.455. The smallest absolute Gasteiger partial charge is 0.308 e. The number of hydrogen-bond donors (Lipinski definition) is 1. The Labute approximate surface area is 98.2 Å². The van der Waals surface area contributed by atoms with E-state index in [1.165, 1.54) is 12.8 Å². The Hall–Kier alpha value is -0.570. The Bertz CT molecular complexity index is 227. The maximum Gasteiger partial charge on any atom is 0.308 e. The van der Waals surface area contributed by atoms with Crippen LogP contribution >= 0.6 is 0 Å². The van der Waals surface area contributed by atoms with E-state index in [4.69, 9.17) is 4.74 Å². The fourth-order valence-electron chi connectivity index (χ4n) is 2.53. The molecular weight excluding hydrogens is 204 g/mol. The minimum atomic E-state index is -0.809. The van der Waals surface area contributed by atoms with Crippen molar-refractivity contribution in [2.75, 3.05) is 6.61 Å². The average Bonchev–Trinajstić information content (AvgIpc) is 2.40. The van der Waals surface area contributed by atoms with Gasteiger partial charge in [-0.25, -0.2) is 0 Å². The van der Waals surface area contributed by atoms with E-state index in [1.807, 2.05) is 0 Å². The van der Waals surface area contributed by atoms with Gasteiger partial charge in [-0.05, 0) is 32.1 Å². The summed E-state index contributed by atoms with van der Waals surface area (Å²) in [5.41, 5.74) is -0.809. The third-order valence-corrected chi connectivity index (χ3v) is 3.63. The highest BCUT2D eigenvalue weighted by Gasteiger charge is 2.33. The molecule has 0 spiro atoms. The predicted octanol–water partition coefficient (Wildman–Crippen LogP) is 2.66. The highest BCUT2D eigenvalue weighted by molar-refractivity contribution is 5.70. The van der Waals surface area contributed by atoms with Crippen LogP contribution in [0.3, 0.4) is 0 Å². The average molecular weight is 228 g/mol. The summed E-state index contributed by atoms with van der Waals surface area (Å²) in [4.78, 5) is 11.4. The van der Waals surface area contributed by atoms with Crippen LogP contribution < -0.4 is 0 Å². The maximum atomic E-state index is 11.4. The van der Waals surface area contributed by atoms with Gasteiger partial charge in [0, 0.05) is 0 Å². The lowest BCUT2D eigenvalue weighted by molar-refractivity contribution is -0.149. The first-order chi connectivity index (χ1) is 7.59. The van der Waals surface area contributed by atoms with Gasteiger partial charge in [-0.1, -0.05) is 26.2 Å². The summed E-state index contributed by atoms with van der Waals surface area (Å²) in [7, 11) is 0. The van der Waals surface area contributed by atoms with Crippen molar-refractivity contribution in [1.82, 2.24) is 0 Å². The van der Waals surface area contributed by atoms with Crippen molar-refractivity contribution in [3.8, 4) is 0 Å². The molecule has 3 heteroatoms. The van der Waals surface area contributed by atoms with Gasteiger partial charge in [0.25, 0.3) is 0 Å². The second kappa shape index (κ2) is 6.24. The van der Waals surface area contributed by atoms with Crippen LogP contribution in [0, 0.1) is 5.92 Å². The third kappa shape index (κ3) is 4.12. The molecular formula is C13H24O3. The van der Waals surface area contributed by atoms with Gasteiger partial charge in [-0.15, -0.1) is 0 Å². The number of carbonyl (C=O) groups excluding carboxylic acids is 1. The molecule has 0 aromatic carbocycles. The molecule has 0 saturated heterocycles.